The number of nitrogens with zero attached hydrogens (tertiary/aromatic N) is 2. The Hall–Kier alpha value is -3.58. The Labute approximate surface area is 206 Å². The number of fused-ring (bicyclic) bond motifs is 3. The van der Waals surface area contributed by atoms with Crippen molar-refractivity contribution in [2.24, 2.45) is 0 Å². The SMILES string of the molecule is COc1cc(Br)ccc1[C@H]1C(C(=O)Nc2ccc(C)cc2C)=C(C)Nc2nc3ccccc3n21. The van der Waals surface area contributed by atoms with Crippen molar-refractivity contribution in [2.45, 2.75) is 26.8 Å². The molecule has 5 rings (SSSR count). The lowest BCUT2D eigenvalue weighted by Crippen LogP contribution is -2.31. The second kappa shape index (κ2) is 8.65. The van der Waals surface area contributed by atoms with Crippen molar-refractivity contribution in [2.75, 3.05) is 17.7 Å². The fourth-order valence-corrected chi connectivity index (χ4v) is 4.95. The van der Waals surface area contributed by atoms with E-state index in [1.165, 1.54) is 0 Å². The van der Waals surface area contributed by atoms with Gasteiger partial charge in [0.1, 0.15) is 5.75 Å². The minimum Gasteiger partial charge on any atom is -0.496 e. The van der Waals surface area contributed by atoms with Gasteiger partial charge in [0.25, 0.3) is 5.91 Å². The molecule has 0 spiro atoms. The molecular formula is C27H25BrN4O2. The van der Waals surface area contributed by atoms with Gasteiger partial charge in [0.2, 0.25) is 5.95 Å². The Bertz CT molecular complexity index is 1470. The van der Waals surface area contributed by atoms with Crippen LogP contribution in [0.15, 0.2) is 76.4 Å². The number of methoxy groups -OCH3 is 1. The lowest BCUT2D eigenvalue weighted by Gasteiger charge is -2.31. The number of hydrogen-bond donors (Lipinski definition) is 2. The van der Waals surface area contributed by atoms with Crippen LogP contribution >= 0.6 is 15.9 Å². The molecule has 0 unspecified atom stereocenters. The highest BCUT2D eigenvalue weighted by molar-refractivity contribution is 9.10. The summed E-state index contributed by atoms with van der Waals surface area (Å²) in [6.45, 7) is 5.95. The average molecular weight is 517 g/mol. The summed E-state index contributed by atoms with van der Waals surface area (Å²) in [6.07, 6.45) is 0. The number of benzene rings is 3. The molecule has 1 amide bonds. The van der Waals surface area contributed by atoms with Crippen LogP contribution in [-0.2, 0) is 4.79 Å². The number of carbonyl (C=O) groups is 1. The first kappa shape index (κ1) is 22.2. The van der Waals surface area contributed by atoms with Crippen molar-refractivity contribution < 1.29 is 9.53 Å². The molecule has 6 nitrogen and oxygen atoms in total. The van der Waals surface area contributed by atoms with E-state index in [0.29, 0.717) is 17.3 Å². The van der Waals surface area contributed by atoms with E-state index in [2.05, 4.69) is 37.2 Å². The number of halogens is 1. The van der Waals surface area contributed by atoms with Crippen molar-refractivity contribution in [1.29, 1.82) is 0 Å². The molecule has 172 valence electrons. The van der Waals surface area contributed by atoms with Gasteiger partial charge in [-0.05, 0) is 56.7 Å². The van der Waals surface area contributed by atoms with E-state index < -0.39 is 6.04 Å². The Morgan fingerprint density at radius 1 is 1.09 bits per heavy atom. The molecule has 4 aromatic rings. The highest BCUT2D eigenvalue weighted by Gasteiger charge is 2.35. The average Bonchev–Trinajstić information content (AvgIpc) is 3.17. The normalized spacial score (nSPS) is 15.1. The molecule has 1 aliphatic heterocycles. The lowest BCUT2D eigenvalue weighted by atomic mass is 9.93. The van der Waals surface area contributed by atoms with Gasteiger partial charge in [0.15, 0.2) is 0 Å². The third kappa shape index (κ3) is 3.76. The number of nitrogens with one attached hydrogen (secondary N) is 2. The Kier molecular flexibility index (Phi) is 5.65. The second-order valence-corrected chi connectivity index (χ2v) is 9.43. The van der Waals surface area contributed by atoms with Gasteiger partial charge in [-0.3, -0.25) is 9.36 Å². The fourth-order valence-electron chi connectivity index (χ4n) is 4.61. The van der Waals surface area contributed by atoms with Crippen molar-refractivity contribution in [3.8, 4) is 5.75 Å². The number of imidazole rings is 1. The molecule has 0 saturated heterocycles. The summed E-state index contributed by atoms with van der Waals surface area (Å²) in [7, 11) is 1.64. The molecule has 0 saturated carbocycles. The van der Waals surface area contributed by atoms with E-state index >= 15 is 0 Å². The minimum atomic E-state index is -0.433. The molecule has 7 heteroatoms. The zero-order valence-corrected chi connectivity index (χ0v) is 21.0. The Morgan fingerprint density at radius 3 is 2.65 bits per heavy atom. The number of carbonyl (C=O) groups excluding carboxylic acids is 1. The molecule has 34 heavy (non-hydrogen) atoms. The number of amides is 1. The zero-order valence-electron chi connectivity index (χ0n) is 19.4. The molecule has 2 N–H and O–H groups in total. The van der Waals surface area contributed by atoms with Gasteiger partial charge in [-0.1, -0.05) is 51.8 Å². The summed E-state index contributed by atoms with van der Waals surface area (Å²) in [5, 5.41) is 6.50. The molecule has 2 heterocycles. The van der Waals surface area contributed by atoms with E-state index in [1.54, 1.807) is 7.11 Å². The number of aryl methyl sites for hydroxylation is 2. The van der Waals surface area contributed by atoms with Gasteiger partial charge in [-0.2, -0.15) is 0 Å². The number of allylic oxidation sites excluding steroid dienone is 1. The summed E-state index contributed by atoms with van der Waals surface area (Å²) >= 11 is 3.54. The van der Waals surface area contributed by atoms with Crippen molar-refractivity contribution in [1.82, 2.24) is 9.55 Å². The van der Waals surface area contributed by atoms with Crippen LogP contribution in [0.4, 0.5) is 11.6 Å². The van der Waals surface area contributed by atoms with Gasteiger partial charge in [0.05, 0.1) is 29.8 Å². The van der Waals surface area contributed by atoms with Gasteiger partial charge in [-0.25, -0.2) is 4.98 Å². The van der Waals surface area contributed by atoms with E-state index in [4.69, 9.17) is 9.72 Å². The second-order valence-electron chi connectivity index (χ2n) is 8.52. The first-order valence-electron chi connectivity index (χ1n) is 11.0. The van der Waals surface area contributed by atoms with Crippen LogP contribution in [0.5, 0.6) is 5.75 Å². The summed E-state index contributed by atoms with van der Waals surface area (Å²) < 4.78 is 8.74. The third-order valence-corrected chi connectivity index (χ3v) is 6.69. The standard InChI is InChI=1S/C27H25BrN4O2/c1-15-9-12-20(16(2)13-15)30-26(33)24-17(3)29-27-31-21-7-5-6-8-22(21)32(27)25(24)19-11-10-18(28)14-23(19)34-4/h5-14,25H,1-4H3,(H,29,31)(H,30,33)/t25-/m0/s1. The molecule has 0 fully saturated rings. The fraction of sp³-hybridized carbons (Fsp3) is 0.185. The van der Waals surface area contributed by atoms with Gasteiger partial charge >= 0.3 is 0 Å². The number of hydrogen-bond acceptors (Lipinski definition) is 4. The van der Waals surface area contributed by atoms with Crippen LogP contribution < -0.4 is 15.4 Å². The number of para-hydroxylation sites is 2. The highest BCUT2D eigenvalue weighted by Crippen LogP contribution is 2.43. The van der Waals surface area contributed by atoms with Crippen LogP contribution in [0.3, 0.4) is 0 Å². The first-order chi connectivity index (χ1) is 16.4. The number of anilines is 2. The molecule has 1 aromatic heterocycles. The molecule has 1 atom stereocenters. The van der Waals surface area contributed by atoms with E-state index in [0.717, 1.165) is 43.6 Å². The van der Waals surface area contributed by atoms with Crippen LogP contribution in [0.25, 0.3) is 11.0 Å². The predicted octanol–water partition coefficient (Wildman–Crippen LogP) is 6.35. The minimum absolute atomic E-state index is 0.171. The van der Waals surface area contributed by atoms with Crippen LogP contribution in [0.1, 0.15) is 29.7 Å². The van der Waals surface area contributed by atoms with Gasteiger partial charge in [-0.15, -0.1) is 0 Å². The summed E-state index contributed by atoms with van der Waals surface area (Å²) in [6, 6.07) is 19.4. The predicted molar refractivity (Wildman–Crippen MR) is 139 cm³/mol. The molecule has 0 aliphatic carbocycles. The largest absolute Gasteiger partial charge is 0.496 e. The first-order valence-corrected chi connectivity index (χ1v) is 11.8. The van der Waals surface area contributed by atoms with E-state index in [-0.39, 0.29) is 5.91 Å². The topological polar surface area (TPSA) is 68.2 Å². The maximum atomic E-state index is 13.8. The summed E-state index contributed by atoms with van der Waals surface area (Å²) in [5.74, 6) is 1.21. The van der Waals surface area contributed by atoms with E-state index in [1.807, 2.05) is 75.4 Å². The maximum absolute atomic E-state index is 13.8. The molecule has 0 bridgehead atoms. The monoisotopic (exact) mass is 516 g/mol. The van der Waals surface area contributed by atoms with Crippen LogP contribution in [-0.4, -0.2) is 22.6 Å². The molecule has 1 aliphatic rings. The molecule has 3 aromatic carbocycles. The van der Waals surface area contributed by atoms with Crippen molar-refractivity contribution in [3.05, 3.63) is 93.1 Å². The number of ether oxygens (including phenoxy) is 1. The quantitative estimate of drug-likeness (QED) is 0.331. The van der Waals surface area contributed by atoms with Crippen LogP contribution in [0, 0.1) is 13.8 Å². The van der Waals surface area contributed by atoms with E-state index in [9.17, 15) is 4.79 Å². The highest BCUT2D eigenvalue weighted by atomic mass is 79.9. The smallest absolute Gasteiger partial charge is 0.255 e. The third-order valence-electron chi connectivity index (χ3n) is 6.20. The summed E-state index contributed by atoms with van der Waals surface area (Å²) in [4.78, 5) is 18.6. The van der Waals surface area contributed by atoms with Gasteiger partial charge in [0, 0.05) is 21.4 Å². The zero-order chi connectivity index (χ0) is 24.0. The van der Waals surface area contributed by atoms with Crippen LogP contribution in [0.2, 0.25) is 0 Å². The lowest BCUT2D eigenvalue weighted by molar-refractivity contribution is -0.113. The van der Waals surface area contributed by atoms with Gasteiger partial charge < -0.3 is 15.4 Å². The Balaban J connectivity index is 1.70. The summed E-state index contributed by atoms with van der Waals surface area (Å²) in [5.41, 5.74) is 6.98. The molecule has 0 radical (unpaired) electrons. The maximum Gasteiger partial charge on any atom is 0.255 e. The molecular weight excluding hydrogens is 492 g/mol. The van der Waals surface area contributed by atoms with Crippen molar-refractivity contribution in [3.63, 3.8) is 0 Å². The Morgan fingerprint density at radius 2 is 1.88 bits per heavy atom. The van der Waals surface area contributed by atoms with Crippen molar-refractivity contribution >= 4 is 44.5 Å². The number of aromatic nitrogens is 2. The number of rotatable bonds is 4.